The molecule has 4 aromatic carbocycles. The van der Waals surface area contributed by atoms with E-state index in [2.05, 4.69) is 25.8 Å². The molecule has 2 aromatic heterocycles. The molecule has 3 fully saturated rings. The molecule has 5 heterocycles. The van der Waals surface area contributed by atoms with Crippen molar-refractivity contribution in [1.82, 2.24) is 20.2 Å². The number of aromatic nitrogens is 2. The number of rotatable bonds is 15. The lowest BCUT2D eigenvalue weighted by atomic mass is 9.84. The lowest BCUT2D eigenvalue weighted by Gasteiger charge is -2.36. The summed E-state index contributed by atoms with van der Waals surface area (Å²) in [4.78, 5) is 79.6. The van der Waals surface area contributed by atoms with Crippen LogP contribution in [0.25, 0.3) is 21.3 Å². The number of fused-ring (bicyclic) bond motifs is 2. The number of carboxylic acids is 1. The molecular weight excluding hydrogens is 955 g/mol. The fraction of sp³-hybridized carbons (Fsp3) is 0.368. The Bertz CT molecular complexity index is 3130. The summed E-state index contributed by atoms with van der Waals surface area (Å²) in [6, 6.07) is 28.8. The van der Waals surface area contributed by atoms with Gasteiger partial charge in [0.05, 0.1) is 28.0 Å². The van der Waals surface area contributed by atoms with Crippen molar-refractivity contribution in [3.63, 3.8) is 0 Å². The highest BCUT2D eigenvalue weighted by molar-refractivity contribution is 7.22. The summed E-state index contributed by atoms with van der Waals surface area (Å²) >= 11 is 1.43. The van der Waals surface area contributed by atoms with Crippen molar-refractivity contribution in [2.75, 3.05) is 60.2 Å². The molecule has 16 nitrogen and oxygen atoms in total. The SMILES string of the molecule is CNc1cc(N2CCN(C(=O)CCCC3CCC(Oc4cccc(-c5ccc(N6CCc7cccc(C(=O)Nc8nc9ccccc9s8)c7C6)nc5C(=O)O)c4C)CC3)CC2)ccc1C(=N)C1CCC(=O)NC1=O. The molecule has 3 aliphatic heterocycles. The van der Waals surface area contributed by atoms with E-state index in [0.29, 0.717) is 92.1 Å². The van der Waals surface area contributed by atoms with Crippen LogP contribution in [0, 0.1) is 24.2 Å². The Kier molecular flexibility index (Phi) is 14.7. The lowest BCUT2D eigenvalue weighted by Crippen LogP contribution is -2.48. The number of pyridine rings is 1. The van der Waals surface area contributed by atoms with Gasteiger partial charge < -0.3 is 35.3 Å². The Morgan fingerprint density at radius 1 is 0.838 bits per heavy atom. The highest BCUT2D eigenvalue weighted by atomic mass is 32.1. The summed E-state index contributed by atoms with van der Waals surface area (Å²) in [5, 5.41) is 28.3. The predicted octanol–water partition coefficient (Wildman–Crippen LogP) is 9.10. The third-order valence-corrected chi connectivity index (χ3v) is 16.2. The molecule has 1 aliphatic carbocycles. The normalized spacial score (nSPS) is 18.9. The first-order valence-electron chi connectivity index (χ1n) is 25.7. The van der Waals surface area contributed by atoms with Gasteiger partial charge >= 0.3 is 5.97 Å². The van der Waals surface area contributed by atoms with Crippen molar-refractivity contribution in [1.29, 1.82) is 5.41 Å². The number of nitrogens with one attached hydrogen (secondary N) is 4. The third-order valence-electron chi connectivity index (χ3n) is 15.3. The number of imide groups is 1. The average molecular weight is 1020 g/mol. The van der Waals surface area contributed by atoms with Crippen LogP contribution in [0.3, 0.4) is 0 Å². The minimum atomic E-state index is -1.13. The number of carbonyl (C=O) groups is 5. The van der Waals surface area contributed by atoms with Gasteiger partial charge in [0.25, 0.3) is 5.91 Å². The van der Waals surface area contributed by atoms with Gasteiger partial charge in [0.1, 0.15) is 11.6 Å². The molecule has 0 bridgehead atoms. The first-order chi connectivity index (χ1) is 35.9. The molecule has 6 aromatic rings. The van der Waals surface area contributed by atoms with E-state index in [1.807, 2.05) is 108 Å². The molecule has 5 N–H and O–H groups in total. The van der Waals surface area contributed by atoms with Gasteiger partial charge in [-0.3, -0.25) is 29.8 Å². The summed E-state index contributed by atoms with van der Waals surface area (Å²) in [5.74, 6) is -0.785. The van der Waals surface area contributed by atoms with Crippen molar-refractivity contribution in [2.45, 2.75) is 83.8 Å². The predicted molar refractivity (Wildman–Crippen MR) is 288 cm³/mol. The van der Waals surface area contributed by atoms with Crippen LogP contribution in [-0.2, 0) is 27.3 Å². The Morgan fingerprint density at radius 3 is 2.41 bits per heavy atom. The standard InChI is InChI=1S/C57H61N9O7S/c1-34-39(40-22-24-49(61-53(40)56(71)72)66-27-26-36-9-6-11-41(44(36)33-66)54(69)63-57-60-45-12-3-4-14-48(45)74-57)10-7-13-47(34)73-38-19-16-35(17-20-38)8-5-15-51(68)65-30-28-64(29-31-65)37-18-21-42(46(32-37)59-2)52(58)43-23-25-50(67)62-55(43)70/h3-4,6-7,9-14,18,21-22,24,32,35,38,43,58-59H,5,8,15-17,19-20,23,25-31,33H2,1-2H3,(H,71,72)(H,60,63,69)(H,62,67,70). The molecular formula is C57H61N9O7S. The van der Waals surface area contributed by atoms with Gasteiger partial charge in [-0.1, -0.05) is 47.7 Å². The second-order valence-corrected chi connectivity index (χ2v) is 20.8. The van der Waals surface area contributed by atoms with Crippen LogP contribution in [0.15, 0.2) is 91.0 Å². The molecule has 0 radical (unpaired) electrons. The fourth-order valence-electron chi connectivity index (χ4n) is 11.1. The highest BCUT2D eigenvalue weighted by Crippen LogP contribution is 2.38. The number of aromatic carboxylic acids is 1. The van der Waals surface area contributed by atoms with E-state index in [1.54, 1.807) is 7.05 Å². The number of carbonyl (C=O) groups excluding carboxylic acids is 4. The highest BCUT2D eigenvalue weighted by Gasteiger charge is 2.33. The molecule has 17 heteroatoms. The second kappa shape index (κ2) is 21.8. The minimum Gasteiger partial charge on any atom is -0.490 e. The molecule has 1 atom stereocenters. The average Bonchev–Trinajstić information content (AvgIpc) is 3.83. The molecule has 74 heavy (non-hydrogen) atoms. The monoisotopic (exact) mass is 1020 g/mol. The third kappa shape index (κ3) is 10.7. The number of carboxylic acid groups (broad SMARTS) is 1. The largest absolute Gasteiger partial charge is 0.490 e. The molecule has 2 saturated heterocycles. The van der Waals surface area contributed by atoms with E-state index < -0.39 is 17.8 Å². The number of piperidine rings is 1. The van der Waals surface area contributed by atoms with Crippen LogP contribution >= 0.6 is 11.3 Å². The van der Waals surface area contributed by atoms with Crippen LogP contribution in [-0.4, -0.2) is 101 Å². The smallest absolute Gasteiger partial charge is 0.355 e. The summed E-state index contributed by atoms with van der Waals surface area (Å²) in [5.41, 5.74) is 7.98. The number of hydrogen-bond donors (Lipinski definition) is 5. The number of piperazine rings is 1. The van der Waals surface area contributed by atoms with Gasteiger partial charge in [0.15, 0.2) is 10.8 Å². The zero-order valence-electron chi connectivity index (χ0n) is 41.7. The quantitative estimate of drug-likeness (QED) is 0.0482. The molecule has 1 saturated carbocycles. The fourth-order valence-corrected chi connectivity index (χ4v) is 11.9. The van der Waals surface area contributed by atoms with Crippen molar-refractivity contribution < 1.29 is 33.8 Å². The van der Waals surface area contributed by atoms with Crippen LogP contribution in [0.1, 0.15) is 101 Å². The van der Waals surface area contributed by atoms with Gasteiger partial charge in [-0.15, -0.1) is 0 Å². The van der Waals surface area contributed by atoms with Crippen molar-refractivity contribution in [2.24, 2.45) is 11.8 Å². The second-order valence-electron chi connectivity index (χ2n) is 19.8. The Morgan fingerprint density at radius 2 is 1.64 bits per heavy atom. The van der Waals surface area contributed by atoms with Gasteiger partial charge in [-0.05, 0) is 141 Å². The number of hydrogen-bond acceptors (Lipinski definition) is 13. The lowest BCUT2D eigenvalue weighted by molar-refractivity contribution is -0.135. The van der Waals surface area contributed by atoms with E-state index >= 15 is 0 Å². The van der Waals surface area contributed by atoms with E-state index in [1.165, 1.54) is 11.3 Å². The number of anilines is 4. The van der Waals surface area contributed by atoms with Gasteiger partial charge in [-0.25, -0.2) is 14.8 Å². The number of ether oxygens (including phenoxy) is 1. The Balaban J connectivity index is 0.696. The first kappa shape index (κ1) is 49.9. The number of thiazole rings is 1. The summed E-state index contributed by atoms with van der Waals surface area (Å²) in [6.07, 6.45) is 7.45. The van der Waals surface area contributed by atoms with Gasteiger partial charge in [-0.2, -0.15) is 0 Å². The van der Waals surface area contributed by atoms with Crippen molar-refractivity contribution in [3.8, 4) is 16.9 Å². The van der Waals surface area contributed by atoms with E-state index in [0.717, 1.165) is 88.1 Å². The zero-order valence-corrected chi connectivity index (χ0v) is 42.6. The maximum atomic E-state index is 13.7. The molecule has 4 aliphatic rings. The number of para-hydroxylation sites is 1. The topological polar surface area (TPSA) is 210 Å². The van der Waals surface area contributed by atoms with Gasteiger partial charge in [0, 0.05) is 87.2 Å². The number of benzene rings is 4. The van der Waals surface area contributed by atoms with E-state index in [4.69, 9.17) is 15.1 Å². The molecule has 0 spiro atoms. The number of nitrogens with zero attached hydrogens (tertiary/aromatic N) is 5. The van der Waals surface area contributed by atoms with Gasteiger partial charge in [0.2, 0.25) is 17.7 Å². The number of amides is 4. The maximum Gasteiger partial charge on any atom is 0.355 e. The summed E-state index contributed by atoms with van der Waals surface area (Å²) in [6.45, 7) is 5.64. The van der Waals surface area contributed by atoms with Crippen LogP contribution in [0.4, 0.5) is 22.3 Å². The van der Waals surface area contributed by atoms with Crippen LogP contribution in [0.2, 0.25) is 0 Å². The van der Waals surface area contributed by atoms with Crippen LogP contribution < -0.4 is 30.5 Å². The van der Waals surface area contributed by atoms with Crippen molar-refractivity contribution >= 4 is 79.2 Å². The Labute approximate surface area is 434 Å². The molecule has 10 rings (SSSR count). The summed E-state index contributed by atoms with van der Waals surface area (Å²) < 4.78 is 7.63. The molecule has 382 valence electrons. The molecule has 4 amide bonds. The maximum absolute atomic E-state index is 13.7. The minimum absolute atomic E-state index is 0.0330. The molecule has 1 unspecified atom stereocenters. The van der Waals surface area contributed by atoms with Crippen molar-refractivity contribution in [3.05, 3.63) is 125 Å². The Hall–Kier alpha value is -7.66. The zero-order chi connectivity index (χ0) is 51.5. The summed E-state index contributed by atoms with van der Waals surface area (Å²) in [7, 11) is 1.79. The van der Waals surface area contributed by atoms with E-state index in [9.17, 15) is 29.1 Å². The van der Waals surface area contributed by atoms with E-state index in [-0.39, 0.29) is 41.7 Å². The van der Waals surface area contributed by atoms with Crippen LogP contribution in [0.5, 0.6) is 5.75 Å². The first-order valence-corrected chi connectivity index (χ1v) is 26.5.